The van der Waals surface area contributed by atoms with Crippen LogP contribution in [0.25, 0.3) is 0 Å². The van der Waals surface area contributed by atoms with E-state index < -0.39 is 11.4 Å². The van der Waals surface area contributed by atoms with Crippen molar-refractivity contribution in [2.45, 2.75) is 32.4 Å². The Hall–Kier alpha value is -1.40. The van der Waals surface area contributed by atoms with Crippen molar-refractivity contribution in [2.75, 3.05) is 7.11 Å². The van der Waals surface area contributed by atoms with Crippen LogP contribution in [0.15, 0.2) is 12.1 Å². The van der Waals surface area contributed by atoms with E-state index in [1.165, 1.54) is 18.4 Å². The quantitative estimate of drug-likeness (QED) is 0.750. The Bertz CT molecular complexity index is 440. The van der Waals surface area contributed by atoms with Gasteiger partial charge in [0, 0.05) is 16.3 Å². The first-order valence-electron chi connectivity index (χ1n) is 5.54. The third-order valence-electron chi connectivity index (χ3n) is 2.58. The number of primary amides is 1. The smallest absolute Gasteiger partial charge is 0.310 e. The standard InChI is InChI=1S/C12H18N2O3S/c1-12(2,11(13)16)14-7-9-5-4-8(18-9)6-10(15)17-3/h4-5,14H,6-7H2,1-3H3,(H2,13,16). The second-order valence-corrected chi connectivity index (χ2v) is 5.72. The van der Waals surface area contributed by atoms with Crippen molar-refractivity contribution in [3.63, 3.8) is 0 Å². The lowest BCUT2D eigenvalue weighted by Crippen LogP contribution is -2.50. The van der Waals surface area contributed by atoms with Crippen LogP contribution in [-0.2, 0) is 27.3 Å². The van der Waals surface area contributed by atoms with E-state index in [1.807, 2.05) is 12.1 Å². The third kappa shape index (κ3) is 4.12. The Labute approximate surface area is 110 Å². The number of carbonyl (C=O) groups is 2. The van der Waals surface area contributed by atoms with Gasteiger partial charge in [-0.3, -0.25) is 14.9 Å². The number of esters is 1. The molecule has 0 aliphatic rings. The molecule has 3 N–H and O–H groups in total. The Morgan fingerprint density at radius 2 is 2.00 bits per heavy atom. The molecule has 0 fully saturated rings. The highest BCUT2D eigenvalue weighted by atomic mass is 32.1. The lowest BCUT2D eigenvalue weighted by molar-refractivity contribution is -0.139. The van der Waals surface area contributed by atoms with Crippen LogP contribution in [0.2, 0.25) is 0 Å². The van der Waals surface area contributed by atoms with Crippen molar-refractivity contribution < 1.29 is 14.3 Å². The lowest BCUT2D eigenvalue weighted by atomic mass is 10.1. The molecule has 0 aliphatic heterocycles. The van der Waals surface area contributed by atoms with Gasteiger partial charge in [-0.2, -0.15) is 0 Å². The van der Waals surface area contributed by atoms with Gasteiger partial charge in [-0.05, 0) is 26.0 Å². The number of hydrogen-bond donors (Lipinski definition) is 2. The number of methoxy groups -OCH3 is 1. The molecule has 0 aliphatic carbocycles. The summed E-state index contributed by atoms with van der Waals surface area (Å²) in [4.78, 5) is 24.2. The van der Waals surface area contributed by atoms with Crippen LogP contribution in [-0.4, -0.2) is 24.5 Å². The summed E-state index contributed by atoms with van der Waals surface area (Å²) < 4.78 is 4.60. The normalized spacial score (nSPS) is 11.3. The van der Waals surface area contributed by atoms with E-state index in [-0.39, 0.29) is 12.4 Å². The number of thiophene rings is 1. The molecule has 0 unspecified atom stereocenters. The molecule has 5 nitrogen and oxygen atoms in total. The predicted octanol–water partition coefficient (Wildman–Crippen LogP) is 0.817. The molecule has 6 heteroatoms. The van der Waals surface area contributed by atoms with E-state index in [1.54, 1.807) is 13.8 Å². The number of nitrogens with two attached hydrogens (primary N) is 1. The van der Waals surface area contributed by atoms with Crippen LogP contribution < -0.4 is 11.1 Å². The van der Waals surface area contributed by atoms with Gasteiger partial charge in [0.2, 0.25) is 5.91 Å². The predicted molar refractivity (Wildman–Crippen MR) is 70.2 cm³/mol. The molecular weight excluding hydrogens is 252 g/mol. The molecule has 1 amide bonds. The van der Waals surface area contributed by atoms with Crippen molar-refractivity contribution in [1.29, 1.82) is 0 Å². The summed E-state index contributed by atoms with van der Waals surface area (Å²) in [6, 6.07) is 3.81. The van der Waals surface area contributed by atoms with Crippen molar-refractivity contribution in [1.82, 2.24) is 5.32 Å². The third-order valence-corrected chi connectivity index (χ3v) is 3.67. The SMILES string of the molecule is COC(=O)Cc1ccc(CNC(C)(C)C(N)=O)s1. The highest BCUT2D eigenvalue weighted by Crippen LogP contribution is 2.18. The number of ether oxygens (including phenoxy) is 1. The second kappa shape index (κ2) is 5.97. The molecule has 1 rings (SSSR count). The van der Waals surface area contributed by atoms with E-state index in [9.17, 15) is 9.59 Å². The van der Waals surface area contributed by atoms with Gasteiger partial charge >= 0.3 is 5.97 Å². The summed E-state index contributed by atoms with van der Waals surface area (Å²) in [5, 5.41) is 3.08. The number of carbonyl (C=O) groups excluding carboxylic acids is 2. The number of nitrogens with one attached hydrogen (secondary N) is 1. The summed E-state index contributed by atoms with van der Waals surface area (Å²) in [6.45, 7) is 4.01. The van der Waals surface area contributed by atoms with Crippen LogP contribution in [0.1, 0.15) is 23.6 Å². The lowest BCUT2D eigenvalue weighted by Gasteiger charge is -2.21. The van der Waals surface area contributed by atoms with Crippen LogP contribution in [0, 0.1) is 0 Å². The summed E-state index contributed by atoms with van der Waals surface area (Å²) in [5.41, 5.74) is 4.52. The molecule has 0 saturated carbocycles. The summed E-state index contributed by atoms with van der Waals surface area (Å²) in [6.07, 6.45) is 0.278. The Morgan fingerprint density at radius 3 is 2.56 bits per heavy atom. The average molecular weight is 270 g/mol. The van der Waals surface area contributed by atoms with Crippen LogP contribution in [0.4, 0.5) is 0 Å². The van der Waals surface area contributed by atoms with Crippen molar-refractivity contribution >= 4 is 23.2 Å². The summed E-state index contributed by atoms with van der Waals surface area (Å²) >= 11 is 1.51. The van der Waals surface area contributed by atoms with Crippen molar-refractivity contribution in [3.8, 4) is 0 Å². The van der Waals surface area contributed by atoms with Crippen LogP contribution in [0.5, 0.6) is 0 Å². The van der Waals surface area contributed by atoms with Crippen LogP contribution >= 0.6 is 11.3 Å². The van der Waals surface area contributed by atoms with Crippen molar-refractivity contribution in [3.05, 3.63) is 21.9 Å². The molecule has 1 aromatic heterocycles. The van der Waals surface area contributed by atoms with Gasteiger partial charge in [-0.1, -0.05) is 0 Å². The molecule has 100 valence electrons. The van der Waals surface area contributed by atoms with E-state index in [0.29, 0.717) is 6.54 Å². The van der Waals surface area contributed by atoms with Gasteiger partial charge in [0.05, 0.1) is 19.1 Å². The second-order valence-electron chi connectivity index (χ2n) is 4.46. The Balaban J connectivity index is 2.54. The molecule has 1 aromatic rings. The van der Waals surface area contributed by atoms with Gasteiger partial charge in [0.1, 0.15) is 0 Å². The molecule has 0 saturated heterocycles. The summed E-state index contributed by atoms with van der Waals surface area (Å²) in [5.74, 6) is -0.650. The molecule has 0 bridgehead atoms. The van der Waals surface area contributed by atoms with Crippen molar-refractivity contribution in [2.24, 2.45) is 5.73 Å². The highest BCUT2D eigenvalue weighted by Gasteiger charge is 2.23. The molecule has 0 spiro atoms. The Kier molecular flexibility index (Phi) is 4.86. The first-order valence-corrected chi connectivity index (χ1v) is 6.36. The van der Waals surface area contributed by atoms with E-state index >= 15 is 0 Å². The zero-order valence-corrected chi connectivity index (χ0v) is 11.6. The molecule has 0 aromatic carbocycles. The molecule has 1 heterocycles. The fourth-order valence-electron chi connectivity index (χ4n) is 1.22. The molecule has 0 atom stereocenters. The minimum atomic E-state index is -0.744. The maximum atomic E-state index is 11.1. The largest absolute Gasteiger partial charge is 0.469 e. The van der Waals surface area contributed by atoms with E-state index in [2.05, 4.69) is 10.1 Å². The van der Waals surface area contributed by atoms with Gasteiger partial charge in [0.15, 0.2) is 0 Å². The highest BCUT2D eigenvalue weighted by molar-refractivity contribution is 7.12. The van der Waals surface area contributed by atoms with Gasteiger partial charge in [0.25, 0.3) is 0 Å². The fourth-order valence-corrected chi connectivity index (χ4v) is 2.17. The van der Waals surface area contributed by atoms with E-state index in [0.717, 1.165) is 9.75 Å². The van der Waals surface area contributed by atoms with Gasteiger partial charge in [-0.15, -0.1) is 11.3 Å². The summed E-state index contributed by atoms with van der Waals surface area (Å²) in [7, 11) is 1.37. The molecule has 0 radical (unpaired) electrons. The topological polar surface area (TPSA) is 81.4 Å². The number of rotatable bonds is 6. The molecular formula is C12H18N2O3S. The monoisotopic (exact) mass is 270 g/mol. The average Bonchev–Trinajstić information content (AvgIpc) is 2.74. The minimum Gasteiger partial charge on any atom is -0.469 e. The fraction of sp³-hybridized carbons (Fsp3) is 0.500. The number of hydrogen-bond acceptors (Lipinski definition) is 5. The first-order chi connectivity index (χ1) is 8.35. The zero-order chi connectivity index (χ0) is 13.8. The van der Waals surface area contributed by atoms with E-state index in [4.69, 9.17) is 5.73 Å². The number of amides is 1. The first kappa shape index (κ1) is 14.7. The maximum absolute atomic E-state index is 11.1. The maximum Gasteiger partial charge on any atom is 0.310 e. The van der Waals surface area contributed by atoms with Gasteiger partial charge in [-0.25, -0.2) is 0 Å². The minimum absolute atomic E-state index is 0.256. The Morgan fingerprint density at radius 1 is 1.39 bits per heavy atom. The zero-order valence-electron chi connectivity index (χ0n) is 10.8. The van der Waals surface area contributed by atoms with Crippen LogP contribution in [0.3, 0.4) is 0 Å². The molecule has 18 heavy (non-hydrogen) atoms. The van der Waals surface area contributed by atoms with Gasteiger partial charge < -0.3 is 10.5 Å².